The molecule has 6 heteroatoms. The first-order valence-corrected chi connectivity index (χ1v) is 9.41. The van der Waals surface area contributed by atoms with Crippen LogP contribution in [-0.2, 0) is 11.2 Å². The zero-order chi connectivity index (χ0) is 20.4. The van der Waals surface area contributed by atoms with E-state index in [0.29, 0.717) is 24.0 Å². The molecule has 1 aliphatic carbocycles. The second-order valence-corrected chi connectivity index (χ2v) is 7.07. The highest BCUT2D eigenvalue weighted by Crippen LogP contribution is 2.41. The van der Waals surface area contributed by atoms with Crippen LogP contribution in [0.2, 0.25) is 0 Å². The number of aryl methyl sites for hydroxylation is 1. The van der Waals surface area contributed by atoms with Crippen LogP contribution in [0.15, 0.2) is 73.1 Å². The molecule has 2 aromatic carbocycles. The van der Waals surface area contributed by atoms with Gasteiger partial charge < -0.3 is 10.6 Å². The van der Waals surface area contributed by atoms with Crippen molar-refractivity contribution in [2.45, 2.75) is 24.9 Å². The summed E-state index contributed by atoms with van der Waals surface area (Å²) in [7, 11) is 0. The SMILES string of the molecule is NC(=O)C(c1cccnc1)N(C(=O)c1ccccc1)[C@@H]1CCc2cc(F)ccc21. The van der Waals surface area contributed by atoms with E-state index in [0.717, 1.165) is 11.1 Å². The van der Waals surface area contributed by atoms with E-state index in [1.54, 1.807) is 54.9 Å². The third-order valence-electron chi connectivity index (χ3n) is 5.29. The van der Waals surface area contributed by atoms with Crippen molar-refractivity contribution >= 4 is 11.8 Å². The van der Waals surface area contributed by atoms with Crippen LogP contribution in [0.4, 0.5) is 4.39 Å². The van der Waals surface area contributed by atoms with Crippen LogP contribution in [0.3, 0.4) is 0 Å². The predicted octanol–water partition coefficient (Wildman–Crippen LogP) is 3.58. The lowest BCUT2D eigenvalue weighted by Crippen LogP contribution is -2.43. The maximum atomic E-state index is 13.7. The Hall–Kier alpha value is -3.54. The summed E-state index contributed by atoms with van der Waals surface area (Å²) >= 11 is 0. The molecule has 0 bridgehead atoms. The van der Waals surface area contributed by atoms with Gasteiger partial charge in [0.2, 0.25) is 5.91 Å². The van der Waals surface area contributed by atoms with Gasteiger partial charge in [-0.25, -0.2) is 4.39 Å². The minimum atomic E-state index is -0.989. The number of fused-ring (bicyclic) bond motifs is 1. The highest BCUT2D eigenvalue weighted by molar-refractivity contribution is 5.98. The van der Waals surface area contributed by atoms with Gasteiger partial charge in [0, 0.05) is 23.5 Å². The number of hydrogen-bond donors (Lipinski definition) is 1. The fraction of sp³-hybridized carbons (Fsp3) is 0.174. The van der Waals surface area contributed by atoms with Gasteiger partial charge in [0.15, 0.2) is 0 Å². The molecule has 1 heterocycles. The van der Waals surface area contributed by atoms with E-state index >= 15 is 0 Å². The Balaban J connectivity index is 1.84. The Labute approximate surface area is 168 Å². The number of aromatic nitrogens is 1. The molecule has 2 N–H and O–H groups in total. The molecule has 1 aliphatic rings. The summed E-state index contributed by atoms with van der Waals surface area (Å²) in [4.78, 5) is 31.7. The topological polar surface area (TPSA) is 76.3 Å². The van der Waals surface area contributed by atoms with Crippen LogP contribution in [0, 0.1) is 5.82 Å². The van der Waals surface area contributed by atoms with Crippen LogP contribution < -0.4 is 5.73 Å². The standard InChI is InChI=1S/C23H20FN3O2/c24-18-9-10-19-16(13-18)8-11-20(19)27(23(29)15-5-2-1-3-6-15)21(22(25)28)17-7-4-12-26-14-17/h1-7,9-10,12-14,20-21H,8,11H2,(H2,25,28)/t20-,21?/m1/s1. The number of primary amides is 1. The maximum absolute atomic E-state index is 13.7. The molecule has 0 fully saturated rings. The van der Waals surface area contributed by atoms with Crippen LogP contribution in [0.5, 0.6) is 0 Å². The molecule has 4 rings (SSSR count). The molecule has 3 aromatic rings. The number of carbonyl (C=O) groups is 2. The first kappa shape index (κ1) is 18.8. The summed E-state index contributed by atoms with van der Waals surface area (Å²) in [6, 6.07) is 15.4. The van der Waals surface area contributed by atoms with Gasteiger partial charge in [-0.15, -0.1) is 0 Å². The summed E-state index contributed by atoms with van der Waals surface area (Å²) in [5.74, 6) is -1.26. The van der Waals surface area contributed by atoms with E-state index in [1.165, 1.54) is 17.0 Å². The fourth-order valence-corrected chi connectivity index (χ4v) is 4.02. The third-order valence-corrected chi connectivity index (χ3v) is 5.29. The van der Waals surface area contributed by atoms with Crippen molar-refractivity contribution in [1.29, 1.82) is 0 Å². The number of nitrogens with zero attached hydrogens (tertiary/aromatic N) is 2. The molecule has 0 saturated carbocycles. The number of hydrogen-bond acceptors (Lipinski definition) is 3. The molecule has 2 amide bonds. The maximum Gasteiger partial charge on any atom is 0.255 e. The number of halogens is 1. The summed E-state index contributed by atoms with van der Waals surface area (Å²) < 4.78 is 13.7. The average Bonchev–Trinajstić information content (AvgIpc) is 3.15. The molecule has 1 aromatic heterocycles. The quantitative estimate of drug-likeness (QED) is 0.725. The van der Waals surface area contributed by atoms with E-state index in [9.17, 15) is 14.0 Å². The number of amides is 2. The molecule has 146 valence electrons. The molecule has 0 aliphatic heterocycles. The number of carbonyl (C=O) groups excluding carboxylic acids is 2. The fourth-order valence-electron chi connectivity index (χ4n) is 4.02. The molecule has 1 unspecified atom stereocenters. The molecule has 5 nitrogen and oxygen atoms in total. The summed E-state index contributed by atoms with van der Waals surface area (Å²) in [6.45, 7) is 0. The Morgan fingerprint density at radius 3 is 2.59 bits per heavy atom. The zero-order valence-electron chi connectivity index (χ0n) is 15.7. The molecule has 29 heavy (non-hydrogen) atoms. The molecule has 0 radical (unpaired) electrons. The van der Waals surface area contributed by atoms with Gasteiger partial charge in [-0.05, 0) is 54.3 Å². The van der Waals surface area contributed by atoms with Crippen molar-refractivity contribution in [3.05, 3.63) is 101 Å². The molecule has 0 spiro atoms. The second kappa shape index (κ2) is 7.83. The highest BCUT2D eigenvalue weighted by Gasteiger charge is 2.39. The van der Waals surface area contributed by atoms with Gasteiger partial charge in [-0.3, -0.25) is 14.6 Å². The van der Waals surface area contributed by atoms with Gasteiger partial charge in [-0.2, -0.15) is 0 Å². The van der Waals surface area contributed by atoms with Crippen LogP contribution in [0.25, 0.3) is 0 Å². The second-order valence-electron chi connectivity index (χ2n) is 7.07. The van der Waals surface area contributed by atoms with Crippen LogP contribution >= 0.6 is 0 Å². The van der Waals surface area contributed by atoms with Gasteiger partial charge in [0.05, 0.1) is 6.04 Å². The minimum Gasteiger partial charge on any atom is -0.368 e. The van der Waals surface area contributed by atoms with Crippen LogP contribution in [0.1, 0.15) is 45.6 Å². The van der Waals surface area contributed by atoms with E-state index in [4.69, 9.17) is 5.73 Å². The first-order chi connectivity index (χ1) is 14.1. The minimum absolute atomic E-state index is 0.305. The summed E-state index contributed by atoms with van der Waals surface area (Å²) in [6.07, 6.45) is 4.34. The van der Waals surface area contributed by atoms with Gasteiger partial charge >= 0.3 is 0 Å². The largest absolute Gasteiger partial charge is 0.368 e. The summed E-state index contributed by atoms with van der Waals surface area (Å²) in [5.41, 5.74) is 8.46. The Morgan fingerprint density at radius 1 is 1.10 bits per heavy atom. The highest BCUT2D eigenvalue weighted by atomic mass is 19.1. The van der Waals surface area contributed by atoms with E-state index in [-0.39, 0.29) is 11.7 Å². The van der Waals surface area contributed by atoms with Crippen LogP contribution in [-0.4, -0.2) is 21.7 Å². The lowest BCUT2D eigenvalue weighted by atomic mass is 9.99. The van der Waals surface area contributed by atoms with Gasteiger partial charge in [0.25, 0.3) is 5.91 Å². The van der Waals surface area contributed by atoms with Gasteiger partial charge in [0.1, 0.15) is 11.9 Å². The average molecular weight is 389 g/mol. The third kappa shape index (κ3) is 3.61. The Kier molecular flexibility index (Phi) is 5.08. The number of rotatable bonds is 5. The van der Waals surface area contributed by atoms with Crippen molar-refractivity contribution in [3.63, 3.8) is 0 Å². The molecule has 2 atom stereocenters. The smallest absolute Gasteiger partial charge is 0.255 e. The summed E-state index contributed by atoms with van der Waals surface area (Å²) in [5, 5.41) is 0. The molecular weight excluding hydrogens is 369 g/mol. The number of nitrogens with two attached hydrogens (primary N) is 1. The van der Waals surface area contributed by atoms with E-state index < -0.39 is 18.0 Å². The van der Waals surface area contributed by atoms with E-state index in [2.05, 4.69) is 4.98 Å². The van der Waals surface area contributed by atoms with Crippen molar-refractivity contribution in [2.24, 2.45) is 5.73 Å². The van der Waals surface area contributed by atoms with Crippen molar-refractivity contribution in [2.75, 3.05) is 0 Å². The van der Waals surface area contributed by atoms with Crippen molar-refractivity contribution in [3.8, 4) is 0 Å². The lowest BCUT2D eigenvalue weighted by molar-refractivity contribution is -0.123. The normalized spacial score (nSPS) is 16.1. The molecular formula is C23H20FN3O2. The predicted molar refractivity (Wildman–Crippen MR) is 106 cm³/mol. The van der Waals surface area contributed by atoms with Crippen molar-refractivity contribution < 1.29 is 14.0 Å². The van der Waals surface area contributed by atoms with E-state index in [1.807, 2.05) is 6.07 Å². The zero-order valence-corrected chi connectivity index (χ0v) is 15.7. The Morgan fingerprint density at radius 2 is 1.90 bits per heavy atom. The monoisotopic (exact) mass is 389 g/mol. The number of benzene rings is 2. The molecule has 0 saturated heterocycles. The first-order valence-electron chi connectivity index (χ1n) is 9.41. The van der Waals surface area contributed by atoms with Crippen molar-refractivity contribution in [1.82, 2.24) is 9.88 Å². The Bertz CT molecular complexity index is 1040. The van der Waals surface area contributed by atoms with Gasteiger partial charge in [-0.1, -0.05) is 30.3 Å². The number of pyridine rings is 1. The lowest BCUT2D eigenvalue weighted by Gasteiger charge is -2.35.